The van der Waals surface area contributed by atoms with E-state index >= 15 is 0 Å². The van der Waals surface area contributed by atoms with Crippen molar-refractivity contribution in [1.82, 2.24) is 20.1 Å². The maximum Gasteiger partial charge on any atom is 0.324 e. The van der Waals surface area contributed by atoms with Crippen LogP contribution in [-0.4, -0.2) is 44.4 Å². The van der Waals surface area contributed by atoms with Gasteiger partial charge in [-0.2, -0.15) is 4.98 Å². The SMILES string of the molecule is Nc1ncc(-c2ccc(C3(c4noc(N5CC[C@H](O)C5)n4)CCC3)cc2)cn1. The summed E-state index contributed by atoms with van der Waals surface area (Å²) in [5, 5.41) is 14.1. The van der Waals surface area contributed by atoms with E-state index in [1.807, 2.05) is 4.90 Å². The van der Waals surface area contributed by atoms with Crippen LogP contribution in [0.4, 0.5) is 12.0 Å². The molecule has 3 aromatic rings. The number of nitrogen functional groups attached to an aromatic ring is 1. The molecular weight excluding hydrogens is 356 g/mol. The van der Waals surface area contributed by atoms with E-state index in [1.54, 1.807) is 12.4 Å². The molecule has 0 bridgehead atoms. The van der Waals surface area contributed by atoms with Gasteiger partial charge in [-0.3, -0.25) is 0 Å². The van der Waals surface area contributed by atoms with Gasteiger partial charge in [-0.05, 0) is 30.4 Å². The van der Waals surface area contributed by atoms with Crippen LogP contribution in [-0.2, 0) is 5.41 Å². The third kappa shape index (κ3) is 2.80. The average Bonchev–Trinajstić information content (AvgIpc) is 3.32. The second-order valence-electron chi connectivity index (χ2n) is 7.63. The molecule has 1 aliphatic heterocycles. The van der Waals surface area contributed by atoms with Crippen LogP contribution in [0.5, 0.6) is 0 Å². The monoisotopic (exact) mass is 378 g/mol. The highest BCUT2D eigenvalue weighted by Crippen LogP contribution is 2.48. The van der Waals surface area contributed by atoms with Crippen LogP contribution in [0.2, 0.25) is 0 Å². The van der Waals surface area contributed by atoms with Crippen molar-refractivity contribution < 1.29 is 9.63 Å². The molecule has 1 saturated heterocycles. The molecule has 1 aromatic carbocycles. The minimum atomic E-state index is -0.321. The molecule has 2 aromatic heterocycles. The maximum atomic E-state index is 9.75. The Kier molecular flexibility index (Phi) is 4.01. The van der Waals surface area contributed by atoms with Gasteiger partial charge >= 0.3 is 6.01 Å². The number of anilines is 2. The van der Waals surface area contributed by atoms with Gasteiger partial charge in [0, 0.05) is 31.0 Å². The molecule has 28 heavy (non-hydrogen) atoms. The van der Waals surface area contributed by atoms with Crippen LogP contribution in [0.15, 0.2) is 41.2 Å². The second kappa shape index (κ2) is 6.56. The highest BCUT2D eigenvalue weighted by molar-refractivity contribution is 5.62. The first-order valence-corrected chi connectivity index (χ1v) is 9.60. The summed E-state index contributed by atoms with van der Waals surface area (Å²) >= 11 is 0. The number of hydrogen-bond acceptors (Lipinski definition) is 8. The van der Waals surface area contributed by atoms with Crippen LogP contribution in [0.1, 0.15) is 37.1 Å². The van der Waals surface area contributed by atoms with E-state index in [4.69, 9.17) is 15.2 Å². The molecule has 2 fully saturated rings. The van der Waals surface area contributed by atoms with Crippen molar-refractivity contribution in [2.45, 2.75) is 37.2 Å². The number of hydrogen-bond donors (Lipinski definition) is 2. The predicted molar refractivity (Wildman–Crippen MR) is 104 cm³/mol. The zero-order valence-electron chi connectivity index (χ0n) is 15.5. The molecule has 5 rings (SSSR count). The van der Waals surface area contributed by atoms with Gasteiger partial charge in [0.05, 0.1) is 11.5 Å². The Bertz CT molecular complexity index is 965. The lowest BCUT2D eigenvalue weighted by molar-refractivity contribution is 0.197. The molecular formula is C20H22N6O2. The number of β-amino-alcohol motifs (C(OH)–C–C–N with tert-alkyl or cyclic N) is 1. The van der Waals surface area contributed by atoms with E-state index in [9.17, 15) is 5.11 Å². The van der Waals surface area contributed by atoms with Crippen molar-refractivity contribution in [3.63, 3.8) is 0 Å². The number of aromatic nitrogens is 4. The lowest BCUT2D eigenvalue weighted by Gasteiger charge is -2.39. The molecule has 0 radical (unpaired) electrons. The largest absolute Gasteiger partial charge is 0.391 e. The third-order valence-corrected chi connectivity index (χ3v) is 5.93. The van der Waals surface area contributed by atoms with E-state index in [1.165, 1.54) is 5.56 Å². The quantitative estimate of drug-likeness (QED) is 0.710. The van der Waals surface area contributed by atoms with E-state index in [0.717, 1.165) is 49.2 Å². The Morgan fingerprint density at radius 2 is 1.86 bits per heavy atom. The summed E-state index contributed by atoms with van der Waals surface area (Å²) in [5.74, 6) is 1.01. The summed E-state index contributed by atoms with van der Waals surface area (Å²) in [7, 11) is 0. The second-order valence-corrected chi connectivity index (χ2v) is 7.63. The normalized spacial score (nSPS) is 20.9. The minimum absolute atomic E-state index is 0.198. The molecule has 1 aliphatic carbocycles. The minimum Gasteiger partial charge on any atom is -0.391 e. The van der Waals surface area contributed by atoms with Crippen LogP contribution in [0.25, 0.3) is 11.1 Å². The first-order chi connectivity index (χ1) is 13.6. The fourth-order valence-corrected chi connectivity index (χ4v) is 4.09. The summed E-state index contributed by atoms with van der Waals surface area (Å²) < 4.78 is 5.53. The summed E-state index contributed by atoms with van der Waals surface area (Å²) in [6, 6.07) is 8.90. The van der Waals surface area contributed by atoms with Crippen LogP contribution < -0.4 is 10.6 Å². The fraction of sp³-hybridized carbons (Fsp3) is 0.400. The average molecular weight is 378 g/mol. The van der Waals surface area contributed by atoms with Gasteiger partial charge in [0.2, 0.25) is 5.95 Å². The van der Waals surface area contributed by atoms with E-state index in [-0.39, 0.29) is 17.5 Å². The standard InChI is InChI=1S/C20H22N6O2/c21-18-22-10-14(11-23-18)13-2-4-15(5-3-13)20(7-1-8-20)17-24-19(28-25-17)26-9-6-16(27)12-26/h2-5,10-11,16,27H,1,6-9,12H2,(H2,21,22,23)/t16-/m0/s1. The topological polar surface area (TPSA) is 114 Å². The molecule has 0 spiro atoms. The van der Waals surface area contributed by atoms with Crippen LogP contribution in [0, 0.1) is 0 Å². The number of nitrogens with two attached hydrogens (primary N) is 1. The highest BCUT2D eigenvalue weighted by atomic mass is 16.5. The number of benzene rings is 1. The fourth-order valence-electron chi connectivity index (χ4n) is 4.09. The lowest BCUT2D eigenvalue weighted by Crippen LogP contribution is -2.36. The molecule has 3 heterocycles. The summed E-state index contributed by atoms with van der Waals surface area (Å²) in [6.45, 7) is 1.29. The van der Waals surface area contributed by atoms with Crippen molar-refractivity contribution >= 4 is 12.0 Å². The molecule has 0 unspecified atom stereocenters. The molecule has 1 saturated carbocycles. The van der Waals surface area contributed by atoms with Crippen molar-refractivity contribution in [3.8, 4) is 11.1 Å². The van der Waals surface area contributed by atoms with Crippen molar-refractivity contribution in [3.05, 3.63) is 48.0 Å². The molecule has 8 heteroatoms. The molecule has 3 N–H and O–H groups in total. The van der Waals surface area contributed by atoms with Gasteiger partial charge in [0.25, 0.3) is 0 Å². The van der Waals surface area contributed by atoms with E-state index in [0.29, 0.717) is 12.6 Å². The van der Waals surface area contributed by atoms with Gasteiger partial charge in [0.1, 0.15) is 0 Å². The maximum absolute atomic E-state index is 9.75. The van der Waals surface area contributed by atoms with Gasteiger partial charge in [0.15, 0.2) is 5.82 Å². The smallest absolute Gasteiger partial charge is 0.324 e. The van der Waals surface area contributed by atoms with E-state index in [2.05, 4.69) is 39.4 Å². The zero-order valence-corrected chi connectivity index (χ0v) is 15.5. The predicted octanol–water partition coefficient (Wildman–Crippen LogP) is 2.15. The Morgan fingerprint density at radius 3 is 2.46 bits per heavy atom. The van der Waals surface area contributed by atoms with Crippen LogP contribution in [0.3, 0.4) is 0 Å². The number of nitrogens with zero attached hydrogens (tertiary/aromatic N) is 5. The number of aliphatic hydroxyl groups is 1. The zero-order chi connectivity index (χ0) is 19.1. The van der Waals surface area contributed by atoms with E-state index < -0.39 is 0 Å². The van der Waals surface area contributed by atoms with Crippen molar-refractivity contribution in [2.75, 3.05) is 23.7 Å². The van der Waals surface area contributed by atoms with Gasteiger partial charge < -0.3 is 20.3 Å². The molecule has 144 valence electrons. The molecule has 8 nitrogen and oxygen atoms in total. The van der Waals surface area contributed by atoms with Gasteiger partial charge in [-0.25, -0.2) is 9.97 Å². The molecule has 2 aliphatic rings. The van der Waals surface area contributed by atoms with Gasteiger partial charge in [-0.1, -0.05) is 35.8 Å². The Morgan fingerprint density at radius 1 is 1.11 bits per heavy atom. The number of aliphatic hydroxyl groups excluding tert-OH is 1. The first kappa shape index (κ1) is 17.1. The molecule has 0 amide bonds. The number of rotatable bonds is 4. The Labute approximate surface area is 162 Å². The van der Waals surface area contributed by atoms with Crippen molar-refractivity contribution in [2.24, 2.45) is 0 Å². The Balaban J connectivity index is 1.42. The Hall–Kier alpha value is -3.00. The van der Waals surface area contributed by atoms with Crippen LogP contribution >= 0.6 is 0 Å². The summed E-state index contributed by atoms with van der Waals surface area (Å²) in [6.07, 6.45) is 7.01. The highest BCUT2D eigenvalue weighted by Gasteiger charge is 2.45. The molecule has 1 atom stereocenters. The lowest BCUT2D eigenvalue weighted by atomic mass is 9.64. The summed E-state index contributed by atoms with van der Waals surface area (Å²) in [5.41, 5.74) is 8.53. The first-order valence-electron chi connectivity index (χ1n) is 9.60. The third-order valence-electron chi connectivity index (χ3n) is 5.93. The summed E-state index contributed by atoms with van der Waals surface area (Å²) in [4.78, 5) is 14.8. The van der Waals surface area contributed by atoms with Gasteiger partial charge in [-0.15, -0.1) is 0 Å². The van der Waals surface area contributed by atoms with Crippen molar-refractivity contribution in [1.29, 1.82) is 0 Å².